The Hall–Kier alpha value is -3.21. The average Bonchev–Trinajstić information content (AvgIpc) is 3.28. The van der Waals surface area contributed by atoms with Gasteiger partial charge in [0.2, 0.25) is 0 Å². The number of anilines is 1. The number of hydrogen-bond donors (Lipinski definition) is 4. The van der Waals surface area contributed by atoms with Crippen LogP contribution in [0.5, 0.6) is 0 Å². The van der Waals surface area contributed by atoms with Gasteiger partial charge in [0.05, 0.1) is 17.9 Å². The number of amides is 1. The number of sulfonamides is 1. The summed E-state index contributed by atoms with van der Waals surface area (Å²) in [4.78, 5) is 23.8. The van der Waals surface area contributed by atoms with Crippen LogP contribution < -0.4 is 10.0 Å². The number of carbonyl (C=O) groups is 2. The fourth-order valence-corrected chi connectivity index (χ4v) is 4.73. The Morgan fingerprint density at radius 2 is 1.73 bits per heavy atom. The lowest BCUT2D eigenvalue weighted by atomic mass is 10.0. The molecule has 0 aliphatic heterocycles. The minimum absolute atomic E-state index is 0.00988. The molecule has 3 rings (SSSR count). The lowest BCUT2D eigenvalue weighted by molar-refractivity contribution is -0.140. The summed E-state index contributed by atoms with van der Waals surface area (Å²) < 4.78 is 27.9. The number of nitrogens with one attached hydrogen (secondary N) is 2. The van der Waals surface area contributed by atoms with Gasteiger partial charge in [0.15, 0.2) is 6.04 Å². The lowest BCUT2D eigenvalue weighted by Crippen LogP contribution is -2.43. The van der Waals surface area contributed by atoms with Crippen molar-refractivity contribution in [3.63, 3.8) is 0 Å². The van der Waals surface area contributed by atoms with Crippen LogP contribution in [0.25, 0.3) is 11.1 Å². The molecule has 1 heterocycles. The van der Waals surface area contributed by atoms with E-state index in [0.717, 1.165) is 16.9 Å². The van der Waals surface area contributed by atoms with Gasteiger partial charge < -0.3 is 15.5 Å². The maximum atomic E-state index is 12.7. The number of aliphatic hydroxyl groups excluding tert-OH is 1. The standard InChI is InChI=1S/C20H18N2O6S2/c23-12-17(20(25)26)21-19(24)15-9-8-14(13-5-2-1-3-6-13)11-16(15)22-30(27,28)18-7-4-10-29-18/h1-11,17,22-23H,12H2,(H,21,24)(H,25,26). The van der Waals surface area contributed by atoms with Gasteiger partial charge in [-0.15, -0.1) is 11.3 Å². The van der Waals surface area contributed by atoms with Gasteiger partial charge in [0.1, 0.15) is 4.21 Å². The molecule has 0 fully saturated rings. The van der Waals surface area contributed by atoms with Crippen LogP contribution in [0.1, 0.15) is 10.4 Å². The van der Waals surface area contributed by atoms with Crippen molar-refractivity contribution in [3.8, 4) is 11.1 Å². The van der Waals surface area contributed by atoms with Gasteiger partial charge in [-0.05, 0) is 34.7 Å². The molecule has 3 aromatic rings. The van der Waals surface area contributed by atoms with E-state index in [-0.39, 0.29) is 15.5 Å². The number of carboxylic acids is 1. The van der Waals surface area contributed by atoms with E-state index in [4.69, 9.17) is 10.2 Å². The minimum Gasteiger partial charge on any atom is -0.480 e. The van der Waals surface area contributed by atoms with Crippen LogP contribution >= 0.6 is 11.3 Å². The van der Waals surface area contributed by atoms with E-state index in [1.165, 1.54) is 18.2 Å². The number of rotatable bonds is 8. The highest BCUT2D eigenvalue weighted by atomic mass is 32.2. The van der Waals surface area contributed by atoms with Gasteiger partial charge >= 0.3 is 5.97 Å². The number of carboxylic acid groups (broad SMARTS) is 1. The second-order valence-electron chi connectivity index (χ2n) is 6.21. The highest BCUT2D eigenvalue weighted by molar-refractivity contribution is 7.94. The normalized spacial score (nSPS) is 12.2. The third kappa shape index (κ3) is 4.85. The Morgan fingerprint density at radius 3 is 2.33 bits per heavy atom. The van der Waals surface area contributed by atoms with Crippen molar-refractivity contribution in [2.24, 2.45) is 0 Å². The van der Waals surface area contributed by atoms with Crippen molar-refractivity contribution >= 4 is 38.9 Å². The first-order chi connectivity index (χ1) is 14.3. The fourth-order valence-electron chi connectivity index (χ4n) is 2.67. The summed E-state index contributed by atoms with van der Waals surface area (Å²) in [6.45, 7) is -0.806. The van der Waals surface area contributed by atoms with E-state index in [0.29, 0.717) is 5.56 Å². The van der Waals surface area contributed by atoms with Crippen molar-refractivity contribution in [3.05, 3.63) is 71.6 Å². The van der Waals surface area contributed by atoms with Gasteiger partial charge in [0, 0.05) is 0 Å². The van der Waals surface area contributed by atoms with Crippen LogP contribution in [0, 0.1) is 0 Å². The molecule has 1 amide bonds. The predicted molar refractivity (Wildman–Crippen MR) is 113 cm³/mol. The summed E-state index contributed by atoms with van der Waals surface area (Å²) >= 11 is 1.02. The largest absolute Gasteiger partial charge is 0.480 e. The maximum absolute atomic E-state index is 12.7. The Morgan fingerprint density at radius 1 is 1.00 bits per heavy atom. The summed E-state index contributed by atoms with van der Waals surface area (Å²) in [5.74, 6) is -2.24. The molecule has 0 saturated carbocycles. The third-order valence-corrected chi connectivity index (χ3v) is 6.92. The molecule has 30 heavy (non-hydrogen) atoms. The fraction of sp³-hybridized carbons (Fsp3) is 0.100. The number of thiophene rings is 1. The summed E-state index contributed by atoms with van der Waals surface area (Å²) in [6.07, 6.45) is 0. The number of carbonyl (C=O) groups excluding carboxylic acids is 1. The smallest absolute Gasteiger partial charge is 0.328 e. The molecule has 0 aliphatic carbocycles. The number of aliphatic hydroxyl groups is 1. The van der Waals surface area contributed by atoms with E-state index in [2.05, 4.69) is 10.0 Å². The van der Waals surface area contributed by atoms with Crippen molar-refractivity contribution in [2.45, 2.75) is 10.3 Å². The molecule has 2 aromatic carbocycles. The molecule has 1 atom stereocenters. The van der Waals surface area contributed by atoms with E-state index in [9.17, 15) is 18.0 Å². The average molecular weight is 447 g/mol. The predicted octanol–water partition coefficient (Wildman–Crippen LogP) is 2.39. The first kappa shape index (κ1) is 21.5. The van der Waals surface area contributed by atoms with Gasteiger partial charge in [-0.3, -0.25) is 9.52 Å². The van der Waals surface area contributed by atoms with Crippen molar-refractivity contribution in [1.82, 2.24) is 5.32 Å². The zero-order chi connectivity index (χ0) is 21.7. The molecule has 10 heteroatoms. The number of aliphatic carboxylic acids is 1. The number of benzene rings is 2. The zero-order valence-electron chi connectivity index (χ0n) is 15.5. The Labute approximate surface area is 176 Å². The SMILES string of the molecule is O=C(NC(CO)C(=O)O)c1ccc(-c2ccccc2)cc1NS(=O)(=O)c1cccs1. The Kier molecular flexibility index (Phi) is 6.50. The van der Waals surface area contributed by atoms with Crippen molar-refractivity contribution < 1.29 is 28.2 Å². The summed E-state index contributed by atoms with van der Waals surface area (Å²) in [6, 6.07) is 15.2. The molecular formula is C20H18N2O6S2. The van der Waals surface area contributed by atoms with Crippen LogP contribution in [0.2, 0.25) is 0 Å². The molecule has 0 radical (unpaired) electrons. The maximum Gasteiger partial charge on any atom is 0.328 e. The monoisotopic (exact) mass is 446 g/mol. The lowest BCUT2D eigenvalue weighted by Gasteiger charge is -2.16. The van der Waals surface area contributed by atoms with E-state index < -0.39 is 34.5 Å². The topological polar surface area (TPSA) is 133 Å². The molecule has 4 N–H and O–H groups in total. The first-order valence-corrected chi connectivity index (χ1v) is 11.1. The van der Waals surface area contributed by atoms with Crippen LogP contribution in [0.4, 0.5) is 5.69 Å². The van der Waals surface area contributed by atoms with Crippen molar-refractivity contribution in [2.75, 3.05) is 11.3 Å². The molecule has 0 bridgehead atoms. The first-order valence-electron chi connectivity index (χ1n) is 8.72. The highest BCUT2D eigenvalue weighted by Gasteiger charge is 2.24. The zero-order valence-corrected chi connectivity index (χ0v) is 17.1. The molecule has 1 unspecified atom stereocenters. The molecular weight excluding hydrogens is 428 g/mol. The van der Waals surface area contributed by atoms with Crippen LogP contribution in [-0.2, 0) is 14.8 Å². The molecule has 0 saturated heterocycles. The van der Waals surface area contributed by atoms with Gasteiger partial charge in [-0.2, -0.15) is 0 Å². The van der Waals surface area contributed by atoms with Crippen LogP contribution in [0.3, 0.4) is 0 Å². The molecule has 156 valence electrons. The highest BCUT2D eigenvalue weighted by Crippen LogP contribution is 2.28. The Bertz CT molecular complexity index is 1150. The van der Waals surface area contributed by atoms with Crippen LogP contribution in [-0.4, -0.2) is 43.2 Å². The molecule has 1 aromatic heterocycles. The van der Waals surface area contributed by atoms with Gasteiger partial charge in [-0.1, -0.05) is 42.5 Å². The van der Waals surface area contributed by atoms with E-state index in [1.807, 2.05) is 30.3 Å². The summed E-state index contributed by atoms with van der Waals surface area (Å²) in [7, 11) is -3.95. The molecule has 0 spiro atoms. The molecule has 0 aliphatic rings. The van der Waals surface area contributed by atoms with E-state index >= 15 is 0 Å². The Balaban J connectivity index is 2.03. The van der Waals surface area contributed by atoms with Gasteiger partial charge in [-0.25, -0.2) is 13.2 Å². The van der Waals surface area contributed by atoms with E-state index in [1.54, 1.807) is 17.5 Å². The second-order valence-corrected chi connectivity index (χ2v) is 9.07. The summed E-state index contributed by atoms with van der Waals surface area (Å²) in [5.41, 5.74) is 1.38. The minimum atomic E-state index is -3.95. The quantitative estimate of drug-likeness (QED) is 0.420. The van der Waals surface area contributed by atoms with Gasteiger partial charge in [0.25, 0.3) is 15.9 Å². The number of hydrogen-bond acceptors (Lipinski definition) is 6. The molecule has 8 nitrogen and oxygen atoms in total. The second kappa shape index (κ2) is 9.08. The third-order valence-electron chi connectivity index (χ3n) is 4.16. The van der Waals surface area contributed by atoms with Crippen molar-refractivity contribution in [1.29, 1.82) is 0 Å². The van der Waals surface area contributed by atoms with Crippen LogP contribution in [0.15, 0.2) is 70.3 Å². The summed E-state index contributed by atoms with van der Waals surface area (Å²) in [5, 5.41) is 22.0.